The average molecular weight is 429 g/mol. The molecule has 5 aliphatic rings. The van der Waals surface area contributed by atoms with Crippen LogP contribution in [0.3, 0.4) is 0 Å². The van der Waals surface area contributed by atoms with Gasteiger partial charge in [0, 0.05) is 24.9 Å². The Bertz CT molecular complexity index is 714. The molecular weight excluding hydrogens is 380 g/mol. The van der Waals surface area contributed by atoms with Gasteiger partial charge in [0.25, 0.3) is 0 Å². The summed E-state index contributed by atoms with van der Waals surface area (Å²) in [5, 5.41) is 0. The third-order valence-electron chi connectivity index (χ3n) is 12.4. The Balaban J connectivity index is 1.38. The van der Waals surface area contributed by atoms with Crippen LogP contribution in [0.5, 0.6) is 0 Å². The van der Waals surface area contributed by atoms with Crippen LogP contribution in [0.1, 0.15) is 105 Å². The number of carbonyl (C=O) groups excluding carboxylic acids is 1. The van der Waals surface area contributed by atoms with E-state index in [2.05, 4.69) is 34.6 Å². The first-order chi connectivity index (χ1) is 14.7. The van der Waals surface area contributed by atoms with Gasteiger partial charge in [-0.15, -0.1) is 0 Å². The van der Waals surface area contributed by atoms with E-state index in [1.54, 1.807) is 0 Å². The van der Waals surface area contributed by atoms with Gasteiger partial charge in [0.15, 0.2) is 0 Å². The van der Waals surface area contributed by atoms with Crippen LogP contribution in [0.4, 0.5) is 0 Å². The second-order valence-electron chi connectivity index (χ2n) is 13.2. The van der Waals surface area contributed by atoms with Crippen molar-refractivity contribution in [3.8, 4) is 0 Å². The summed E-state index contributed by atoms with van der Waals surface area (Å²) in [5.74, 6) is 5.85. The standard InChI is InChI=1S/C29H48O2/c1-7-28-15-13-23-21(16-26(31-6)29-17-20(29)12-14-27(23,29)5)24(28)10-9-22(28)19(4)8-11-25(30)18(2)3/h18-24,26H,7-17H2,1-6H3/t19-,20-,21-,22?,23+,24+,26-,27-,28-,29?/m1/s1. The molecule has 2 unspecified atom stereocenters. The quantitative estimate of drug-likeness (QED) is 0.425. The number of hydrogen-bond donors (Lipinski definition) is 0. The van der Waals surface area contributed by atoms with E-state index >= 15 is 0 Å². The molecule has 0 N–H and O–H groups in total. The fourth-order valence-corrected chi connectivity index (χ4v) is 10.8. The second-order valence-corrected chi connectivity index (χ2v) is 13.2. The van der Waals surface area contributed by atoms with Crippen LogP contribution < -0.4 is 0 Å². The summed E-state index contributed by atoms with van der Waals surface area (Å²) in [6.07, 6.45) is 15.2. The van der Waals surface area contributed by atoms with E-state index in [-0.39, 0.29) is 5.92 Å². The van der Waals surface area contributed by atoms with Crippen molar-refractivity contribution < 1.29 is 9.53 Å². The lowest BCUT2D eigenvalue weighted by molar-refractivity contribution is -0.164. The highest BCUT2D eigenvalue weighted by molar-refractivity contribution is 5.80. The van der Waals surface area contributed by atoms with E-state index in [1.807, 2.05) is 7.11 Å². The largest absolute Gasteiger partial charge is 0.381 e. The van der Waals surface area contributed by atoms with Crippen LogP contribution in [0.2, 0.25) is 0 Å². The van der Waals surface area contributed by atoms with Crippen molar-refractivity contribution >= 4 is 5.78 Å². The lowest BCUT2D eigenvalue weighted by Crippen LogP contribution is -2.57. The van der Waals surface area contributed by atoms with Gasteiger partial charge in [-0.2, -0.15) is 0 Å². The van der Waals surface area contributed by atoms with Crippen LogP contribution in [-0.2, 0) is 9.53 Å². The van der Waals surface area contributed by atoms with Gasteiger partial charge in [-0.05, 0) is 111 Å². The van der Waals surface area contributed by atoms with Crippen molar-refractivity contribution in [2.75, 3.05) is 7.11 Å². The first kappa shape index (κ1) is 22.4. The fraction of sp³-hybridized carbons (Fsp3) is 0.966. The molecule has 5 saturated carbocycles. The highest BCUT2D eigenvalue weighted by Gasteiger charge is 2.77. The maximum absolute atomic E-state index is 12.3. The Labute approximate surface area is 191 Å². The molecule has 0 radical (unpaired) electrons. The van der Waals surface area contributed by atoms with Gasteiger partial charge >= 0.3 is 0 Å². The third-order valence-corrected chi connectivity index (χ3v) is 12.4. The number of rotatable bonds is 7. The molecule has 2 heteroatoms. The van der Waals surface area contributed by atoms with Gasteiger partial charge in [0.1, 0.15) is 5.78 Å². The molecular formula is C29H48O2. The Morgan fingerprint density at radius 2 is 1.84 bits per heavy atom. The lowest BCUT2D eigenvalue weighted by atomic mass is 9.44. The van der Waals surface area contributed by atoms with Crippen LogP contribution in [-0.4, -0.2) is 19.0 Å². The number of ketones is 1. The molecule has 31 heavy (non-hydrogen) atoms. The van der Waals surface area contributed by atoms with Gasteiger partial charge in [0.2, 0.25) is 0 Å². The molecule has 1 spiro atoms. The fourth-order valence-electron chi connectivity index (χ4n) is 10.8. The number of Topliss-reactive ketones (excluding diaryl/α,β-unsaturated/α-hetero) is 1. The maximum atomic E-state index is 12.3. The monoisotopic (exact) mass is 428 g/mol. The summed E-state index contributed by atoms with van der Waals surface area (Å²) in [7, 11) is 2.01. The maximum Gasteiger partial charge on any atom is 0.135 e. The molecule has 0 amide bonds. The summed E-state index contributed by atoms with van der Waals surface area (Å²) in [6.45, 7) is 11.8. The van der Waals surface area contributed by atoms with Crippen LogP contribution in [0.15, 0.2) is 0 Å². The Hall–Kier alpha value is -0.370. The van der Waals surface area contributed by atoms with Crippen molar-refractivity contribution in [3.63, 3.8) is 0 Å². The first-order valence-electron chi connectivity index (χ1n) is 13.8. The summed E-state index contributed by atoms with van der Waals surface area (Å²) >= 11 is 0. The third kappa shape index (κ3) is 2.88. The highest BCUT2D eigenvalue weighted by atomic mass is 16.5. The highest BCUT2D eigenvalue weighted by Crippen LogP contribution is 2.82. The predicted octanol–water partition coefficient (Wildman–Crippen LogP) is 7.30. The minimum atomic E-state index is 0.193. The van der Waals surface area contributed by atoms with E-state index in [0.29, 0.717) is 34.1 Å². The zero-order valence-corrected chi connectivity index (χ0v) is 21.2. The normalized spacial score (nSPS) is 51.1. The van der Waals surface area contributed by atoms with Gasteiger partial charge in [-0.25, -0.2) is 0 Å². The van der Waals surface area contributed by atoms with E-state index < -0.39 is 0 Å². The van der Waals surface area contributed by atoms with E-state index in [1.165, 1.54) is 57.8 Å². The molecule has 0 saturated heterocycles. The topological polar surface area (TPSA) is 26.3 Å². The van der Waals surface area contributed by atoms with Crippen molar-refractivity contribution in [1.29, 1.82) is 0 Å². The summed E-state index contributed by atoms with van der Waals surface area (Å²) in [6, 6.07) is 0. The van der Waals surface area contributed by atoms with Gasteiger partial charge in [-0.1, -0.05) is 34.6 Å². The Kier molecular flexibility index (Phi) is 5.48. The number of carbonyl (C=O) groups is 1. The van der Waals surface area contributed by atoms with Crippen LogP contribution in [0.25, 0.3) is 0 Å². The Morgan fingerprint density at radius 1 is 1.06 bits per heavy atom. The van der Waals surface area contributed by atoms with Crippen molar-refractivity contribution in [1.82, 2.24) is 0 Å². The summed E-state index contributed by atoms with van der Waals surface area (Å²) in [5.41, 5.74) is 1.61. The zero-order chi connectivity index (χ0) is 22.2. The SMILES string of the molecule is CC[C@]12CC[C@H]3[C@@H](C[C@@H](OC)C45C[C@H]4CC[C@]35C)[C@@H]1CCC2[C@H](C)CCC(=O)C(C)C. The number of methoxy groups -OCH3 is 1. The van der Waals surface area contributed by atoms with Crippen LogP contribution in [0, 0.1) is 57.7 Å². The first-order valence-corrected chi connectivity index (χ1v) is 13.8. The molecule has 0 bridgehead atoms. The average Bonchev–Trinajstić information content (AvgIpc) is 3.23. The number of ether oxygens (including phenoxy) is 1. The van der Waals surface area contributed by atoms with Gasteiger partial charge in [-0.3, -0.25) is 4.79 Å². The minimum absolute atomic E-state index is 0.193. The van der Waals surface area contributed by atoms with Crippen molar-refractivity contribution in [2.24, 2.45) is 57.7 Å². The molecule has 0 aromatic heterocycles. The van der Waals surface area contributed by atoms with E-state index in [0.717, 1.165) is 42.4 Å². The minimum Gasteiger partial charge on any atom is -0.381 e. The van der Waals surface area contributed by atoms with Crippen LogP contribution >= 0.6 is 0 Å². The smallest absolute Gasteiger partial charge is 0.135 e. The molecule has 10 atom stereocenters. The van der Waals surface area contributed by atoms with Crippen molar-refractivity contribution in [2.45, 2.75) is 111 Å². The zero-order valence-electron chi connectivity index (χ0n) is 21.2. The summed E-state index contributed by atoms with van der Waals surface area (Å²) < 4.78 is 6.30. The number of fused-ring (bicyclic) bond motifs is 4. The predicted molar refractivity (Wildman–Crippen MR) is 127 cm³/mol. The van der Waals surface area contributed by atoms with E-state index in [4.69, 9.17) is 4.74 Å². The molecule has 0 aromatic carbocycles. The second kappa shape index (κ2) is 7.57. The summed E-state index contributed by atoms with van der Waals surface area (Å²) in [4.78, 5) is 12.3. The van der Waals surface area contributed by atoms with E-state index in [9.17, 15) is 4.79 Å². The molecule has 5 rings (SSSR count). The van der Waals surface area contributed by atoms with Gasteiger partial charge < -0.3 is 4.74 Å². The molecule has 5 fully saturated rings. The molecule has 0 aliphatic heterocycles. The van der Waals surface area contributed by atoms with Gasteiger partial charge in [0.05, 0.1) is 6.10 Å². The molecule has 176 valence electrons. The lowest BCUT2D eigenvalue weighted by Gasteiger charge is -2.61. The molecule has 5 aliphatic carbocycles. The Morgan fingerprint density at radius 3 is 2.48 bits per heavy atom. The molecule has 0 heterocycles. The van der Waals surface area contributed by atoms with Crippen molar-refractivity contribution in [3.05, 3.63) is 0 Å². The molecule has 0 aromatic rings. The number of hydrogen-bond acceptors (Lipinski definition) is 2. The molecule has 2 nitrogen and oxygen atoms in total.